The van der Waals surface area contributed by atoms with Crippen molar-refractivity contribution in [1.29, 1.82) is 0 Å². The van der Waals surface area contributed by atoms with Crippen LogP contribution in [0.2, 0.25) is 0 Å². The molecular weight excluding hydrogens is 292 g/mol. The lowest BCUT2D eigenvalue weighted by Crippen LogP contribution is -2.49. The highest BCUT2D eigenvalue weighted by Crippen LogP contribution is 2.19. The predicted molar refractivity (Wildman–Crippen MR) is 89.2 cm³/mol. The van der Waals surface area contributed by atoms with E-state index in [1.54, 1.807) is 0 Å². The number of rotatable bonds is 5. The lowest BCUT2D eigenvalue weighted by atomic mass is 10.2. The van der Waals surface area contributed by atoms with Crippen molar-refractivity contribution in [2.45, 2.75) is 44.3 Å². The molecule has 1 aliphatic heterocycles. The number of carbonyl (C=O) groups excluding carboxylic acids is 2. The third-order valence-corrected chi connectivity index (χ3v) is 4.44. The van der Waals surface area contributed by atoms with Gasteiger partial charge in [-0.15, -0.1) is 0 Å². The quantitative estimate of drug-likeness (QED) is 0.770. The number of hydrogen-bond acceptors (Lipinski definition) is 4. The fraction of sp³-hybridized carbons (Fsp3) is 0.529. The Balaban J connectivity index is 1.45. The summed E-state index contributed by atoms with van der Waals surface area (Å²) in [6.07, 6.45) is 3.01. The molecule has 0 spiro atoms. The Morgan fingerprint density at radius 1 is 1.13 bits per heavy atom. The zero-order valence-corrected chi connectivity index (χ0v) is 13.4. The van der Waals surface area contributed by atoms with Gasteiger partial charge in [-0.3, -0.25) is 15.0 Å². The van der Waals surface area contributed by atoms with Gasteiger partial charge in [0.25, 0.3) is 0 Å². The summed E-state index contributed by atoms with van der Waals surface area (Å²) in [5, 5.41) is 8.70. The highest BCUT2D eigenvalue weighted by Gasteiger charge is 2.31. The largest absolute Gasteiger partial charge is 0.381 e. The van der Waals surface area contributed by atoms with Crippen molar-refractivity contribution < 1.29 is 9.59 Å². The molecule has 3 N–H and O–H groups in total. The van der Waals surface area contributed by atoms with E-state index in [4.69, 9.17) is 0 Å². The maximum atomic E-state index is 12.2. The summed E-state index contributed by atoms with van der Waals surface area (Å²) >= 11 is 0. The highest BCUT2D eigenvalue weighted by atomic mass is 16.2. The molecule has 1 aromatic rings. The fourth-order valence-electron chi connectivity index (χ4n) is 2.86. The molecule has 0 radical (unpaired) electrons. The minimum atomic E-state index is -0.373. The first-order chi connectivity index (χ1) is 11.1. The van der Waals surface area contributed by atoms with Crippen LogP contribution in [-0.2, 0) is 4.79 Å². The Hall–Kier alpha value is -2.08. The topological polar surface area (TPSA) is 73.5 Å². The smallest absolute Gasteiger partial charge is 0.321 e. The molecule has 1 aromatic carbocycles. The number of carbonyl (C=O) groups is 2. The Kier molecular flexibility index (Phi) is 4.81. The van der Waals surface area contributed by atoms with Gasteiger partial charge < -0.3 is 10.6 Å². The number of benzene rings is 1. The number of imide groups is 1. The third-order valence-electron chi connectivity index (χ3n) is 4.44. The summed E-state index contributed by atoms with van der Waals surface area (Å²) in [5.41, 5.74) is 1.10. The second-order valence-corrected chi connectivity index (χ2v) is 6.40. The molecule has 124 valence electrons. The van der Waals surface area contributed by atoms with Gasteiger partial charge in [0, 0.05) is 30.9 Å². The SMILES string of the molecule is C[C@H](C(=O)NC(=O)NC1CC1)N1CC[C@@H](Nc2ccccc2)C1. The number of hydrogen-bond donors (Lipinski definition) is 3. The zero-order valence-electron chi connectivity index (χ0n) is 13.4. The fourth-order valence-corrected chi connectivity index (χ4v) is 2.86. The van der Waals surface area contributed by atoms with E-state index in [0.717, 1.165) is 38.0 Å². The first kappa shape index (κ1) is 15.8. The normalized spacial score (nSPS) is 22.4. The molecule has 3 amide bonds. The molecule has 2 fully saturated rings. The van der Waals surface area contributed by atoms with E-state index in [2.05, 4.69) is 20.9 Å². The molecule has 3 rings (SSSR count). The van der Waals surface area contributed by atoms with Crippen molar-refractivity contribution in [3.8, 4) is 0 Å². The van der Waals surface area contributed by atoms with E-state index in [0.29, 0.717) is 6.04 Å². The molecule has 0 aromatic heterocycles. The molecule has 0 unspecified atom stereocenters. The van der Waals surface area contributed by atoms with Crippen LogP contribution in [0.1, 0.15) is 26.2 Å². The minimum Gasteiger partial charge on any atom is -0.381 e. The number of para-hydroxylation sites is 1. The van der Waals surface area contributed by atoms with Crippen molar-refractivity contribution in [3.63, 3.8) is 0 Å². The molecule has 6 heteroatoms. The van der Waals surface area contributed by atoms with Gasteiger partial charge in [0.15, 0.2) is 0 Å². The minimum absolute atomic E-state index is 0.233. The van der Waals surface area contributed by atoms with Crippen molar-refractivity contribution >= 4 is 17.6 Å². The van der Waals surface area contributed by atoms with Gasteiger partial charge in [-0.05, 0) is 38.3 Å². The van der Waals surface area contributed by atoms with E-state index >= 15 is 0 Å². The molecule has 0 bridgehead atoms. The average molecular weight is 316 g/mol. The maximum absolute atomic E-state index is 12.2. The summed E-state index contributed by atoms with van der Waals surface area (Å²) < 4.78 is 0. The number of nitrogens with one attached hydrogen (secondary N) is 3. The summed E-state index contributed by atoms with van der Waals surface area (Å²) in [7, 11) is 0. The van der Waals surface area contributed by atoms with Crippen LogP contribution in [0, 0.1) is 0 Å². The number of anilines is 1. The van der Waals surface area contributed by atoms with Gasteiger partial charge in [-0.25, -0.2) is 4.79 Å². The Bertz CT molecular complexity index is 559. The predicted octanol–water partition coefficient (Wildman–Crippen LogP) is 1.55. The van der Waals surface area contributed by atoms with Crippen molar-refractivity contribution in [2.75, 3.05) is 18.4 Å². The average Bonchev–Trinajstić information content (AvgIpc) is 3.23. The molecule has 2 atom stereocenters. The number of nitrogens with zero attached hydrogens (tertiary/aromatic N) is 1. The highest BCUT2D eigenvalue weighted by molar-refractivity contribution is 5.97. The molecule has 2 aliphatic rings. The van der Waals surface area contributed by atoms with E-state index in [-0.39, 0.29) is 24.0 Å². The van der Waals surface area contributed by atoms with Crippen molar-refractivity contribution in [3.05, 3.63) is 30.3 Å². The summed E-state index contributed by atoms with van der Waals surface area (Å²) in [4.78, 5) is 25.9. The Morgan fingerprint density at radius 3 is 2.57 bits per heavy atom. The van der Waals surface area contributed by atoms with Gasteiger partial charge >= 0.3 is 6.03 Å². The van der Waals surface area contributed by atoms with Crippen molar-refractivity contribution in [2.24, 2.45) is 0 Å². The molecule has 1 heterocycles. The second kappa shape index (κ2) is 7.00. The first-order valence-corrected chi connectivity index (χ1v) is 8.29. The van der Waals surface area contributed by atoms with Gasteiger partial charge in [0.05, 0.1) is 6.04 Å². The maximum Gasteiger partial charge on any atom is 0.321 e. The number of likely N-dealkylation sites (tertiary alicyclic amines) is 1. The monoisotopic (exact) mass is 316 g/mol. The van der Waals surface area contributed by atoms with Crippen LogP contribution in [0.5, 0.6) is 0 Å². The molecule has 6 nitrogen and oxygen atoms in total. The standard InChI is InChI=1S/C17H24N4O2/c1-12(16(22)20-17(23)19-14-7-8-14)21-10-9-15(11-21)18-13-5-3-2-4-6-13/h2-6,12,14-15,18H,7-11H2,1H3,(H2,19,20,22,23)/t12-,15-/m1/s1. The summed E-state index contributed by atoms with van der Waals surface area (Å²) in [6.45, 7) is 3.50. The van der Waals surface area contributed by atoms with Crippen LogP contribution in [0.4, 0.5) is 10.5 Å². The van der Waals surface area contributed by atoms with Crippen LogP contribution in [0.3, 0.4) is 0 Å². The van der Waals surface area contributed by atoms with E-state index in [1.165, 1.54) is 0 Å². The molecular formula is C17H24N4O2. The Labute approximate surface area is 136 Å². The van der Waals surface area contributed by atoms with Crippen LogP contribution < -0.4 is 16.0 Å². The van der Waals surface area contributed by atoms with Crippen molar-refractivity contribution in [1.82, 2.24) is 15.5 Å². The van der Waals surface area contributed by atoms with Crippen LogP contribution in [0.15, 0.2) is 30.3 Å². The van der Waals surface area contributed by atoms with Crippen LogP contribution >= 0.6 is 0 Å². The van der Waals surface area contributed by atoms with E-state index in [9.17, 15) is 9.59 Å². The lowest BCUT2D eigenvalue weighted by molar-refractivity contribution is -0.124. The third kappa shape index (κ3) is 4.45. The first-order valence-electron chi connectivity index (χ1n) is 8.29. The van der Waals surface area contributed by atoms with Gasteiger partial charge in [-0.2, -0.15) is 0 Å². The molecule has 1 saturated carbocycles. The number of urea groups is 1. The molecule has 1 saturated heterocycles. The summed E-state index contributed by atoms with van der Waals surface area (Å²) in [5.74, 6) is -0.233. The van der Waals surface area contributed by atoms with E-state index < -0.39 is 0 Å². The van der Waals surface area contributed by atoms with Gasteiger partial charge in [-0.1, -0.05) is 18.2 Å². The van der Waals surface area contributed by atoms with Gasteiger partial charge in [0.1, 0.15) is 0 Å². The van der Waals surface area contributed by atoms with Crippen LogP contribution in [-0.4, -0.2) is 48.1 Å². The lowest BCUT2D eigenvalue weighted by Gasteiger charge is -2.23. The van der Waals surface area contributed by atoms with E-state index in [1.807, 2.05) is 37.3 Å². The second-order valence-electron chi connectivity index (χ2n) is 6.40. The number of amides is 3. The zero-order chi connectivity index (χ0) is 16.2. The van der Waals surface area contributed by atoms with Crippen LogP contribution in [0.25, 0.3) is 0 Å². The van der Waals surface area contributed by atoms with Gasteiger partial charge in [0.2, 0.25) is 5.91 Å². The molecule has 23 heavy (non-hydrogen) atoms. The Morgan fingerprint density at radius 2 is 1.87 bits per heavy atom. The summed E-state index contributed by atoms with van der Waals surface area (Å²) in [6, 6.07) is 9.99. The molecule has 1 aliphatic carbocycles.